The number of benzene rings is 4. The van der Waals surface area contributed by atoms with Crippen molar-refractivity contribution < 1.29 is 36.4 Å². The third-order valence-corrected chi connectivity index (χ3v) is 7.95. The van der Waals surface area contributed by atoms with Crippen LogP contribution < -0.4 is 10.9 Å². The maximum Gasteiger partial charge on any atom is 0.295 e. The molecule has 14 nitrogen and oxygen atoms in total. The minimum atomic E-state index is -4.78. The maximum atomic E-state index is 12.2. The van der Waals surface area contributed by atoms with Crippen LogP contribution in [0.2, 0.25) is 0 Å². The molecule has 0 heterocycles. The van der Waals surface area contributed by atoms with E-state index >= 15 is 0 Å². The van der Waals surface area contributed by atoms with Crippen LogP contribution in [0.5, 0.6) is 0 Å². The Morgan fingerprint density at radius 1 is 0.565 bits per heavy atom. The van der Waals surface area contributed by atoms with E-state index in [1.807, 2.05) is 0 Å². The van der Waals surface area contributed by atoms with Crippen molar-refractivity contribution in [3.63, 3.8) is 0 Å². The van der Waals surface area contributed by atoms with Gasteiger partial charge in [0.2, 0.25) is 0 Å². The van der Waals surface area contributed by atoms with Crippen LogP contribution in [0, 0.1) is 0 Å². The predicted octanol–water partition coefficient (Wildman–Crippen LogP) is 4.90. The lowest BCUT2D eigenvalue weighted by molar-refractivity contribution is 0.322. The predicted molar refractivity (Wildman–Crippen MR) is 175 cm³/mol. The Morgan fingerprint density at radius 3 is 1.26 bits per heavy atom. The fourth-order valence-electron chi connectivity index (χ4n) is 4.02. The summed E-state index contributed by atoms with van der Waals surface area (Å²) < 4.78 is 68.8. The SMILES string of the molecule is O=S(=O)(O)c1cc(N/N=C(/C=N/O)c2ccccc2)ccc1/C=C/c1ccc(N/N=C(/C=N/O)c2ccccc2)cc1S(=O)(=O)O. The zero-order valence-corrected chi connectivity index (χ0v) is 25.2. The molecule has 4 aromatic carbocycles. The summed E-state index contributed by atoms with van der Waals surface area (Å²) in [4.78, 5) is -1.05. The second-order valence-corrected chi connectivity index (χ2v) is 12.0. The van der Waals surface area contributed by atoms with E-state index in [9.17, 15) is 25.9 Å². The van der Waals surface area contributed by atoms with Gasteiger partial charge in [0.1, 0.15) is 21.2 Å². The van der Waals surface area contributed by atoms with E-state index in [1.54, 1.807) is 60.7 Å². The maximum absolute atomic E-state index is 12.2. The summed E-state index contributed by atoms with van der Waals surface area (Å²) in [6.07, 6.45) is 4.64. The molecule has 0 amide bonds. The van der Waals surface area contributed by atoms with Crippen molar-refractivity contribution in [2.75, 3.05) is 10.9 Å². The Morgan fingerprint density at radius 2 is 0.935 bits per heavy atom. The van der Waals surface area contributed by atoms with Crippen LogP contribution in [0.3, 0.4) is 0 Å². The highest BCUT2D eigenvalue weighted by Gasteiger charge is 2.18. The zero-order valence-electron chi connectivity index (χ0n) is 23.6. The number of hydrazone groups is 2. The molecule has 0 bridgehead atoms. The summed E-state index contributed by atoms with van der Waals surface area (Å²) in [7, 11) is -9.55. The molecule has 46 heavy (non-hydrogen) atoms. The molecule has 0 saturated carbocycles. The van der Waals surface area contributed by atoms with Crippen molar-refractivity contribution in [3.05, 3.63) is 119 Å². The summed E-state index contributed by atoms with van der Waals surface area (Å²) in [5.74, 6) is 0. The lowest BCUT2D eigenvalue weighted by Gasteiger charge is -2.09. The van der Waals surface area contributed by atoms with Crippen LogP contribution >= 0.6 is 0 Å². The van der Waals surface area contributed by atoms with Crippen molar-refractivity contribution >= 4 is 67.6 Å². The monoisotopic (exact) mass is 662 g/mol. The van der Waals surface area contributed by atoms with E-state index in [4.69, 9.17) is 10.4 Å². The molecule has 0 unspecified atom stereocenters. The molecule has 0 aromatic heterocycles. The highest BCUT2D eigenvalue weighted by atomic mass is 32.2. The molecule has 4 rings (SSSR count). The fraction of sp³-hybridized carbons (Fsp3) is 0. The van der Waals surface area contributed by atoms with Gasteiger partial charge in [0, 0.05) is 11.1 Å². The Bertz CT molecular complexity index is 1920. The summed E-state index contributed by atoms with van der Waals surface area (Å²) in [6, 6.07) is 25.2. The van der Waals surface area contributed by atoms with Crippen LogP contribution in [0.15, 0.2) is 127 Å². The van der Waals surface area contributed by atoms with Gasteiger partial charge < -0.3 is 10.4 Å². The number of rotatable bonds is 12. The number of oxime groups is 2. The van der Waals surface area contributed by atoms with Gasteiger partial charge in [-0.15, -0.1) is 0 Å². The molecule has 0 aliphatic rings. The van der Waals surface area contributed by atoms with Gasteiger partial charge in [-0.25, -0.2) is 0 Å². The Kier molecular flexibility index (Phi) is 10.7. The second kappa shape index (κ2) is 14.9. The molecule has 0 atom stereocenters. The van der Waals surface area contributed by atoms with E-state index in [-0.39, 0.29) is 33.9 Å². The molecular formula is C30H26N6O8S2. The summed E-state index contributed by atoms with van der Waals surface area (Å²) in [5, 5.41) is 32.2. The quantitative estimate of drug-likeness (QED) is 0.0396. The van der Waals surface area contributed by atoms with Crippen LogP contribution in [-0.4, -0.2) is 60.2 Å². The van der Waals surface area contributed by atoms with E-state index in [0.29, 0.717) is 11.1 Å². The molecule has 0 aliphatic carbocycles. The topological polar surface area (TPSA) is 223 Å². The van der Waals surface area contributed by atoms with Crippen molar-refractivity contribution in [1.82, 2.24) is 0 Å². The Labute approximate surface area is 263 Å². The van der Waals surface area contributed by atoms with Gasteiger partial charge in [0.25, 0.3) is 20.2 Å². The molecule has 0 saturated heterocycles. The third-order valence-electron chi connectivity index (χ3n) is 6.14. The Balaban J connectivity index is 1.65. The highest BCUT2D eigenvalue weighted by molar-refractivity contribution is 7.86. The molecule has 0 fully saturated rings. The van der Waals surface area contributed by atoms with Crippen molar-refractivity contribution in [3.8, 4) is 0 Å². The standard InChI is InChI=1S/C30H26N6O8S2/c37-31-19-27(21-7-3-1-4-8-21)35-33-25-15-13-23(29(17-25)45(39,40)41)11-12-24-14-16-26(18-30(24)46(42,43)44)34-36-28(20-32-38)22-9-5-2-6-10-22/h1-20,33-34,37-38H,(H,39,40,41)(H,42,43,44)/b12-11+,31-19+,32-20+,35-27-,36-28-. The minimum Gasteiger partial charge on any atom is -0.411 e. The normalized spacial score (nSPS) is 13.1. The molecular weight excluding hydrogens is 636 g/mol. The van der Waals surface area contributed by atoms with Gasteiger partial charge in [0.05, 0.1) is 23.8 Å². The fourth-order valence-corrected chi connectivity index (χ4v) is 5.44. The number of hydrogen-bond acceptors (Lipinski definition) is 12. The summed E-state index contributed by atoms with van der Waals surface area (Å²) >= 11 is 0. The summed E-state index contributed by atoms with van der Waals surface area (Å²) in [5.41, 5.74) is 7.22. The molecule has 6 N–H and O–H groups in total. The molecule has 236 valence electrons. The lowest BCUT2D eigenvalue weighted by Crippen LogP contribution is -2.07. The molecule has 0 spiro atoms. The smallest absolute Gasteiger partial charge is 0.295 e. The molecule has 0 radical (unpaired) electrons. The van der Waals surface area contributed by atoms with Gasteiger partial charge in [0.15, 0.2) is 0 Å². The van der Waals surface area contributed by atoms with E-state index in [1.165, 1.54) is 36.4 Å². The average Bonchev–Trinajstić information content (AvgIpc) is 3.04. The number of hydrogen-bond donors (Lipinski definition) is 6. The lowest BCUT2D eigenvalue weighted by atomic mass is 10.1. The first-order valence-electron chi connectivity index (χ1n) is 13.0. The average molecular weight is 663 g/mol. The van der Waals surface area contributed by atoms with Gasteiger partial charge in [-0.3, -0.25) is 20.0 Å². The van der Waals surface area contributed by atoms with Crippen molar-refractivity contribution in [2.45, 2.75) is 9.79 Å². The molecule has 4 aromatic rings. The Hall–Kier alpha value is -5.68. The van der Waals surface area contributed by atoms with Crippen LogP contribution in [0.4, 0.5) is 11.4 Å². The number of nitrogens with zero attached hydrogens (tertiary/aromatic N) is 4. The van der Waals surface area contributed by atoms with Crippen LogP contribution in [0.25, 0.3) is 12.2 Å². The number of anilines is 2. The first-order chi connectivity index (χ1) is 22.0. The number of nitrogens with one attached hydrogen (secondary N) is 2. The van der Waals surface area contributed by atoms with Gasteiger partial charge >= 0.3 is 0 Å². The van der Waals surface area contributed by atoms with E-state index in [0.717, 1.165) is 24.6 Å². The van der Waals surface area contributed by atoms with Gasteiger partial charge in [-0.2, -0.15) is 27.0 Å². The largest absolute Gasteiger partial charge is 0.411 e. The van der Waals surface area contributed by atoms with Crippen molar-refractivity contribution in [2.24, 2.45) is 20.5 Å². The highest BCUT2D eigenvalue weighted by Crippen LogP contribution is 2.26. The second-order valence-electron chi connectivity index (χ2n) is 9.23. The first-order valence-corrected chi connectivity index (χ1v) is 15.9. The van der Waals surface area contributed by atoms with Crippen LogP contribution in [0.1, 0.15) is 22.3 Å². The summed E-state index contributed by atoms with van der Waals surface area (Å²) in [6.45, 7) is 0. The van der Waals surface area contributed by atoms with Gasteiger partial charge in [-0.05, 0) is 35.4 Å². The molecule has 0 aliphatic heterocycles. The minimum absolute atomic E-state index is 0.0129. The third kappa shape index (κ3) is 8.93. The van der Waals surface area contributed by atoms with E-state index < -0.39 is 30.0 Å². The first kappa shape index (κ1) is 33.2. The molecule has 16 heteroatoms. The zero-order chi connectivity index (χ0) is 33.2. The van der Waals surface area contributed by atoms with Crippen molar-refractivity contribution in [1.29, 1.82) is 0 Å². The van der Waals surface area contributed by atoms with Crippen LogP contribution in [-0.2, 0) is 20.2 Å². The van der Waals surface area contributed by atoms with E-state index in [2.05, 4.69) is 31.4 Å². The van der Waals surface area contributed by atoms with Gasteiger partial charge in [-0.1, -0.05) is 95.3 Å².